The van der Waals surface area contributed by atoms with Gasteiger partial charge in [-0.05, 0) is 62.8 Å². The Labute approximate surface area is 224 Å². The van der Waals surface area contributed by atoms with Gasteiger partial charge in [-0.2, -0.15) is 13.2 Å². The van der Waals surface area contributed by atoms with E-state index in [0.717, 1.165) is 62.5 Å². The predicted octanol–water partition coefficient (Wildman–Crippen LogP) is 6.59. The van der Waals surface area contributed by atoms with E-state index in [0.29, 0.717) is 22.4 Å². The molecular weight excluding hydrogens is 532 g/mol. The van der Waals surface area contributed by atoms with Crippen LogP contribution >= 0.6 is 23.2 Å². The summed E-state index contributed by atoms with van der Waals surface area (Å²) in [6.07, 6.45) is -3.16. The molecule has 0 fully saturated rings. The van der Waals surface area contributed by atoms with Crippen molar-refractivity contribution in [2.24, 2.45) is 0 Å². The summed E-state index contributed by atoms with van der Waals surface area (Å²) in [6.45, 7) is 9.95. The molecular formula is C25H31Cl2F3N4O3. The Bertz CT molecular complexity index is 1140. The molecule has 37 heavy (non-hydrogen) atoms. The number of carbonyl (C=O) groups is 1. The van der Waals surface area contributed by atoms with E-state index in [9.17, 15) is 13.2 Å². The van der Waals surface area contributed by atoms with Crippen LogP contribution in [0.2, 0.25) is 10.0 Å². The van der Waals surface area contributed by atoms with Crippen LogP contribution < -0.4 is 10.1 Å². The highest BCUT2D eigenvalue weighted by atomic mass is 35.5. The highest BCUT2D eigenvalue weighted by Gasteiger charge is 2.38. The molecule has 0 spiro atoms. The van der Waals surface area contributed by atoms with Crippen LogP contribution in [0.1, 0.15) is 26.7 Å². The number of alkyl halides is 3. The van der Waals surface area contributed by atoms with Crippen molar-refractivity contribution < 1.29 is 27.8 Å². The molecule has 0 saturated carbocycles. The molecule has 7 nitrogen and oxygen atoms in total. The van der Waals surface area contributed by atoms with Gasteiger partial charge in [0.2, 0.25) is 5.95 Å². The molecule has 0 saturated heterocycles. The summed E-state index contributed by atoms with van der Waals surface area (Å²) >= 11 is 12.1. The van der Waals surface area contributed by atoms with Crippen LogP contribution in [-0.4, -0.2) is 64.5 Å². The Kier molecular flexibility index (Phi) is 12.3. The van der Waals surface area contributed by atoms with Gasteiger partial charge < -0.3 is 24.6 Å². The minimum atomic E-state index is -5.08. The Hall–Kier alpha value is -2.69. The Balaban J connectivity index is 0.000000604. The molecule has 12 heteroatoms. The maximum absolute atomic E-state index is 10.6. The number of anilines is 1. The second-order valence-electron chi connectivity index (χ2n) is 7.96. The maximum Gasteiger partial charge on any atom is 0.490 e. The fraction of sp³-hybridized carbons (Fsp3) is 0.440. The van der Waals surface area contributed by atoms with Crippen LogP contribution in [0.5, 0.6) is 5.75 Å². The first-order valence-corrected chi connectivity index (χ1v) is 12.6. The van der Waals surface area contributed by atoms with Crippen molar-refractivity contribution in [2.75, 3.05) is 38.1 Å². The van der Waals surface area contributed by atoms with E-state index in [-0.39, 0.29) is 0 Å². The first-order chi connectivity index (χ1) is 17.6. The Morgan fingerprint density at radius 1 is 1.14 bits per heavy atom. The van der Waals surface area contributed by atoms with Crippen molar-refractivity contribution in [2.45, 2.75) is 39.4 Å². The number of nitrogens with zero attached hydrogens (tertiary/aromatic N) is 3. The average molecular weight is 563 g/mol. The van der Waals surface area contributed by atoms with Crippen molar-refractivity contribution in [3.8, 4) is 5.75 Å². The summed E-state index contributed by atoms with van der Waals surface area (Å²) in [4.78, 5) is 16.1. The minimum Gasteiger partial charge on any atom is -0.492 e. The highest BCUT2D eigenvalue weighted by molar-refractivity contribution is 6.35. The third kappa shape index (κ3) is 9.94. The summed E-state index contributed by atoms with van der Waals surface area (Å²) in [5.74, 6) is -1.18. The van der Waals surface area contributed by atoms with E-state index >= 15 is 0 Å². The molecule has 1 heterocycles. The second kappa shape index (κ2) is 14.9. The van der Waals surface area contributed by atoms with Gasteiger partial charge in [0, 0.05) is 18.1 Å². The predicted molar refractivity (Wildman–Crippen MR) is 141 cm³/mol. The monoisotopic (exact) mass is 562 g/mol. The van der Waals surface area contributed by atoms with Gasteiger partial charge in [-0.25, -0.2) is 9.78 Å². The smallest absolute Gasteiger partial charge is 0.490 e. The lowest BCUT2D eigenvalue weighted by molar-refractivity contribution is -0.192. The van der Waals surface area contributed by atoms with Crippen molar-refractivity contribution in [3.05, 3.63) is 52.5 Å². The zero-order chi connectivity index (χ0) is 27.4. The molecule has 0 unspecified atom stereocenters. The summed E-state index contributed by atoms with van der Waals surface area (Å²) in [7, 11) is 0. The molecule has 2 aromatic carbocycles. The molecule has 3 aromatic rings. The lowest BCUT2D eigenvalue weighted by atomic mass is 10.3. The fourth-order valence-electron chi connectivity index (χ4n) is 3.48. The zero-order valence-corrected chi connectivity index (χ0v) is 22.2. The lowest BCUT2D eigenvalue weighted by Gasteiger charge is -2.18. The minimum absolute atomic E-state index is 0.533. The van der Waals surface area contributed by atoms with Gasteiger partial charge in [0.15, 0.2) is 0 Å². The molecule has 0 bridgehead atoms. The number of aliphatic carboxylic acids is 1. The standard InChI is InChI=1S/C23H30Cl2N4O.C2HF3O2/c1-3-28(4-2)14-7-13-26-23-27-20-9-5-6-10-21(20)29(23)15-8-16-30-22-12-11-18(24)17-19(22)25;3-2(4,5)1(6)7/h5-6,9-12,17H,3-4,7-8,13-16H2,1-2H3,(H,26,27);(H,6,7). The van der Waals surface area contributed by atoms with Crippen LogP contribution in [0.25, 0.3) is 11.0 Å². The summed E-state index contributed by atoms with van der Waals surface area (Å²) in [5, 5.41) is 11.8. The number of benzene rings is 2. The van der Waals surface area contributed by atoms with Gasteiger partial charge >= 0.3 is 12.1 Å². The van der Waals surface area contributed by atoms with Crippen molar-refractivity contribution in [1.82, 2.24) is 14.5 Å². The molecule has 0 aliphatic heterocycles. The van der Waals surface area contributed by atoms with Crippen LogP contribution in [0.15, 0.2) is 42.5 Å². The van der Waals surface area contributed by atoms with Crippen molar-refractivity contribution in [3.63, 3.8) is 0 Å². The highest BCUT2D eigenvalue weighted by Crippen LogP contribution is 2.28. The lowest BCUT2D eigenvalue weighted by Crippen LogP contribution is -2.25. The zero-order valence-electron chi connectivity index (χ0n) is 20.7. The van der Waals surface area contributed by atoms with E-state index in [1.165, 1.54) is 0 Å². The van der Waals surface area contributed by atoms with Crippen LogP contribution in [-0.2, 0) is 11.3 Å². The number of carboxylic acid groups (broad SMARTS) is 1. The van der Waals surface area contributed by atoms with Gasteiger partial charge in [-0.1, -0.05) is 49.2 Å². The van der Waals surface area contributed by atoms with Gasteiger partial charge in [-0.15, -0.1) is 0 Å². The number of halogens is 5. The third-order valence-electron chi connectivity index (χ3n) is 5.40. The molecule has 1 aromatic heterocycles. The topological polar surface area (TPSA) is 79.6 Å². The number of carboxylic acids is 1. The van der Waals surface area contributed by atoms with Gasteiger partial charge in [0.1, 0.15) is 5.75 Å². The van der Waals surface area contributed by atoms with E-state index in [1.807, 2.05) is 6.07 Å². The van der Waals surface area contributed by atoms with E-state index in [2.05, 4.69) is 46.8 Å². The van der Waals surface area contributed by atoms with E-state index < -0.39 is 12.1 Å². The largest absolute Gasteiger partial charge is 0.492 e. The molecule has 2 N–H and O–H groups in total. The molecule has 0 amide bonds. The van der Waals surface area contributed by atoms with Crippen molar-refractivity contribution >= 4 is 46.2 Å². The number of rotatable bonds is 12. The normalized spacial score (nSPS) is 11.4. The van der Waals surface area contributed by atoms with Crippen LogP contribution in [0.4, 0.5) is 19.1 Å². The molecule has 3 rings (SSSR count). The molecule has 0 aliphatic carbocycles. The third-order valence-corrected chi connectivity index (χ3v) is 5.93. The van der Waals surface area contributed by atoms with Crippen molar-refractivity contribution in [1.29, 1.82) is 0 Å². The summed E-state index contributed by atoms with van der Waals surface area (Å²) in [6, 6.07) is 13.5. The first-order valence-electron chi connectivity index (χ1n) is 11.9. The number of aromatic nitrogens is 2. The number of nitrogens with one attached hydrogen (secondary N) is 1. The average Bonchev–Trinajstić information content (AvgIpc) is 3.20. The van der Waals surface area contributed by atoms with E-state index in [1.54, 1.807) is 18.2 Å². The molecule has 0 radical (unpaired) electrons. The first kappa shape index (κ1) is 30.5. The number of aryl methyl sites for hydroxylation is 1. The number of imidazole rings is 1. The number of fused-ring (bicyclic) bond motifs is 1. The molecule has 0 atom stereocenters. The van der Waals surface area contributed by atoms with Gasteiger partial charge in [-0.3, -0.25) is 0 Å². The maximum atomic E-state index is 10.6. The summed E-state index contributed by atoms with van der Waals surface area (Å²) in [5.41, 5.74) is 2.14. The van der Waals surface area contributed by atoms with Crippen LogP contribution in [0, 0.1) is 0 Å². The SMILES string of the molecule is CCN(CC)CCCNc1nc2ccccc2n1CCCOc1ccc(Cl)cc1Cl.O=C(O)C(F)(F)F. The number of para-hydroxylation sites is 2. The molecule has 204 valence electrons. The summed E-state index contributed by atoms with van der Waals surface area (Å²) < 4.78 is 39.8. The quantitative estimate of drug-likeness (QED) is 0.242. The van der Waals surface area contributed by atoms with E-state index in [4.69, 9.17) is 42.8 Å². The van der Waals surface area contributed by atoms with Crippen LogP contribution in [0.3, 0.4) is 0 Å². The van der Waals surface area contributed by atoms with Gasteiger partial charge in [0.25, 0.3) is 0 Å². The number of hydrogen-bond donors (Lipinski definition) is 2. The Morgan fingerprint density at radius 2 is 1.81 bits per heavy atom. The second-order valence-corrected chi connectivity index (χ2v) is 8.81. The van der Waals surface area contributed by atoms with Gasteiger partial charge in [0.05, 0.1) is 22.7 Å². The molecule has 0 aliphatic rings. The number of hydrogen-bond acceptors (Lipinski definition) is 5. The Morgan fingerprint density at radius 3 is 2.43 bits per heavy atom. The fourth-order valence-corrected chi connectivity index (χ4v) is 3.94. The number of ether oxygens (including phenoxy) is 1.